The third-order valence-corrected chi connectivity index (χ3v) is 6.03. The van der Waals surface area contributed by atoms with Crippen molar-refractivity contribution in [2.24, 2.45) is 0 Å². The number of ether oxygens (including phenoxy) is 2. The number of fused-ring (bicyclic) bond motifs is 1. The maximum Gasteiger partial charge on any atom is 0.333 e. The molecule has 3 aromatic carbocycles. The molecule has 0 saturated heterocycles. The number of para-hydroxylation sites is 1. The third kappa shape index (κ3) is 3.06. The highest BCUT2D eigenvalue weighted by atomic mass is 79.9. The molecule has 150 valence electrons. The normalized spacial score (nSPS) is 18.3. The van der Waals surface area contributed by atoms with Gasteiger partial charge in [0.15, 0.2) is 0 Å². The highest BCUT2D eigenvalue weighted by Gasteiger charge is 2.57. The number of hydrogen-bond acceptors (Lipinski definition) is 4. The van der Waals surface area contributed by atoms with Crippen LogP contribution in [0.1, 0.15) is 22.6 Å². The molecule has 0 saturated carbocycles. The highest BCUT2D eigenvalue weighted by Crippen LogP contribution is 2.55. The lowest BCUT2D eigenvalue weighted by Gasteiger charge is -2.36. The van der Waals surface area contributed by atoms with Crippen molar-refractivity contribution >= 4 is 27.9 Å². The summed E-state index contributed by atoms with van der Waals surface area (Å²) < 4.78 is 11.6. The largest absolute Gasteiger partial charge is 0.466 e. The van der Waals surface area contributed by atoms with Gasteiger partial charge in [0.25, 0.3) is 0 Å². The monoisotopic (exact) mass is 462 g/mol. The van der Waals surface area contributed by atoms with E-state index in [1.807, 2.05) is 72.8 Å². The molecule has 0 amide bonds. The van der Waals surface area contributed by atoms with E-state index in [0.717, 1.165) is 15.6 Å². The second-order valence-electron chi connectivity index (χ2n) is 7.06. The van der Waals surface area contributed by atoms with Crippen LogP contribution in [0, 0.1) is 0 Å². The number of benzene rings is 3. The smallest absolute Gasteiger partial charge is 0.333 e. The Morgan fingerprint density at radius 1 is 1.00 bits per heavy atom. The van der Waals surface area contributed by atoms with Crippen LogP contribution in [-0.2, 0) is 19.7 Å². The topological polar surface area (TPSA) is 52.6 Å². The Morgan fingerprint density at radius 2 is 1.63 bits per heavy atom. The molecular weight excluding hydrogens is 444 g/mol. The van der Waals surface area contributed by atoms with Crippen molar-refractivity contribution in [2.45, 2.75) is 11.3 Å². The summed E-state index contributed by atoms with van der Waals surface area (Å²) in [5.41, 5.74) is 1.07. The first-order chi connectivity index (χ1) is 14.5. The zero-order chi connectivity index (χ0) is 21.3. The van der Waals surface area contributed by atoms with E-state index < -0.39 is 23.3 Å². The Kier molecular flexibility index (Phi) is 5.31. The first-order valence-corrected chi connectivity index (χ1v) is 10.2. The van der Waals surface area contributed by atoms with E-state index >= 15 is 0 Å². The minimum Gasteiger partial charge on any atom is -0.466 e. The van der Waals surface area contributed by atoms with Crippen LogP contribution in [0.2, 0.25) is 0 Å². The maximum atomic E-state index is 13.6. The summed E-state index contributed by atoms with van der Waals surface area (Å²) in [5.74, 6) is -1.27. The molecule has 1 aliphatic heterocycles. The Labute approximate surface area is 183 Å². The predicted octanol–water partition coefficient (Wildman–Crippen LogP) is 5.17. The second-order valence-corrected chi connectivity index (χ2v) is 7.98. The summed E-state index contributed by atoms with van der Waals surface area (Å²) in [6.07, 6.45) is 0. The van der Waals surface area contributed by atoms with Gasteiger partial charge in [-0.25, -0.2) is 4.79 Å². The van der Waals surface area contributed by atoms with Gasteiger partial charge in [-0.05, 0) is 29.3 Å². The molecule has 0 fully saturated rings. The molecule has 1 aliphatic rings. The van der Waals surface area contributed by atoms with Gasteiger partial charge >= 0.3 is 11.9 Å². The van der Waals surface area contributed by atoms with E-state index in [1.54, 1.807) is 6.07 Å². The van der Waals surface area contributed by atoms with Crippen LogP contribution in [0.25, 0.3) is 0 Å². The van der Waals surface area contributed by atoms with Crippen LogP contribution in [0.5, 0.6) is 5.75 Å². The number of methoxy groups -OCH3 is 1. The molecule has 0 aromatic heterocycles. The summed E-state index contributed by atoms with van der Waals surface area (Å²) in [6.45, 7) is 4.05. The lowest BCUT2D eigenvalue weighted by Crippen LogP contribution is -2.43. The van der Waals surface area contributed by atoms with Crippen molar-refractivity contribution in [3.05, 3.63) is 112 Å². The molecule has 5 heteroatoms. The number of carbonyl (C=O) groups is 2. The average molecular weight is 463 g/mol. The lowest BCUT2D eigenvalue weighted by atomic mass is 9.62. The molecule has 0 aliphatic carbocycles. The number of esters is 2. The van der Waals surface area contributed by atoms with Crippen molar-refractivity contribution in [1.29, 1.82) is 0 Å². The Morgan fingerprint density at radius 3 is 2.30 bits per heavy atom. The predicted molar refractivity (Wildman–Crippen MR) is 117 cm³/mol. The van der Waals surface area contributed by atoms with Gasteiger partial charge in [-0.2, -0.15) is 0 Å². The van der Waals surface area contributed by atoms with Crippen LogP contribution >= 0.6 is 15.9 Å². The quantitative estimate of drug-likeness (QED) is 0.298. The molecule has 0 bridgehead atoms. The Balaban J connectivity index is 2.08. The fourth-order valence-corrected chi connectivity index (χ4v) is 4.47. The zero-order valence-corrected chi connectivity index (χ0v) is 17.9. The number of rotatable bonds is 5. The van der Waals surface area contributed by atoms with Crippen molar-refractivity contribution in [3.8, 4) is 5.75 Å². The molecule has 1 heterocycles. The summed E-state index contributed by atoms with van der Waals surface area (Å²) in [4.78, 5) is 26.3. The Bertz CT molecular complexity index is 1120. The molecule has 0 spiro atoms. The zero-order valence-electron chi connectivity index (χ0n) is 16.3. The molecule has 3 aromatic rings. The fourth-order valence-electron chi connectivity index (χ4n) is 4.20. The van der Waals surface area contributed by atoms with E-state index in [0.29, 0.717) is 11.3 Å². The number of hydrogen-bond donors (Lipinski definition) is 0. The molecule has 30 heavy (non-hydrogen) atoms. The van der Waals surface area contributed by atoms with Crippen LogP contribution < -0.4 is 4.74 Å². The fraction of sp³-hybridized carbons (Fsp3) is 0.120. The van der Waals surface area contributed by atoms with E-state index in [1.165, 1.54) is 7.11 Å². The van der Waals surface area contributed by atoms with Gasteiger partial charge in [0, 0.05) is 21.5 Å². The SMILES string of the molecule is C=C(C(=O)OC)[C@@H](c1ccc(Br)cc1)[C@@]1(c2ccccc2)C(=O)Oc2ccccc21. The van der Waals surface area contributed by atoms with Crippen LogP contribution in [-0.4, -0.2) is 19.0 Å². The van der Waals surface area contributed by atoms with E-state index in [9.17, 15) is 9.59 Å². The first kappa shape index (κ1) is 20.1. The second kappa shape index (κ2) is 7.92. The summed E-state index contributed by atoms with van der Waals surface area (Å²) in [7, 11) is 1.31. The van der Waals surface area contributed by atoms with Crippen molar-refractivity contribution in [3.63, 3.8) is 0 Å². The third-order valence-electron chi connectivity index (χ3n) is 5.50. The summed E-state index contributed by atoms with van der Waals surface area (Å²) in [5, 5.41) is 0. The number of carbonyl (C=O) groups excluding carboxylic acids is 2. The minimum absolute atomic E-state index is 0.178. The van der Waals surface area contributed by atoms with Crippen molar-refractivity contribution in [2.75, 3.05) is 7.11 Å². The van der Waals surface area contributed by atoms with Crippen molar-refractivity contribution < 1.29 is 19.1 Å². The molecule has 2 atom stereocenters. The molecule has 4 nitrogen and oxygen atoms in total. The van der Waals surface area contributed by atoms with Gasteiger partial charge in [-0.15, -0.1) is 0 Å². The minimum atomic E-state index is -1.28. The summed E-state index contributed by atoms with van der Waals surface area (Å²) in [6, 6.07) is 24.2. The highest BCUT2D eigenvalue weighted by molar-refractivity contribution is 9.10. The summed E-state index contributed by atoms with van der Waals surface area (Å²) >= 11 is 3.45. The number of halogens is 1. The standard InChI is InChI=1S/C25H19BrO4/c1-16(23(27)29-2)22(17-12-14-19(26)15-13-17)25(18-8-4-3-5-9-18)20-10-6-7-11-21(20)30-24(25)28/h3-15,22H,1H2,2H3/t22-,25-/m0/s1. The van der Waals surface area contributed by atoms with Crippen LogP contribution in [0.15, 0.2) is 95.5 Å². The average Bonchev–Trinajstić information content (AvgIpc) is 3.07. The van der Waals surface area contributed by atoms with Gasteiger partial charge < -0.3 is 9.47 Å². The maximum absolute atomic E-state index is 13.6. The van der Waals surface area contributed by atoms with Crippen molar-refractivity contribution in [1.82, 2.24) is 0 Å². The van der Waals surface area contributed by atoms with Crippen LogP contribution in [0.4, 0.5) is 0 Å². The van der Waals surface area contributed by atoms with E-state index in [-0.39, 0.29) is 5.57 Å². The molecule has 0 N–H and O–H groups in total. The van der Waals surface area contributed by atoms with Gasteiger partial charge in [-0.3, -0.25) is 4.79 Å². The molecule has 4 rings (SSSR count). The van der Waals surface area contributed by atoms with Gasteiger partial charge in [-0.1, -0.05) is 83.2 Å². The molecule has 0 radical (unpaired) electrons. The van der Waals surface area contributed by atoms with Gasteiger partial charge in [0.1, 0.15) is 11.2 Å². The van der Waals surface area contributed by atoms with Crippen LogP contribution in [0.3, 0.4) is 0 Å². The van der Waals surface area contributed by atoms with E-state index in [4.69, 9.17) is 9.47 Å². The van der Waals surface area contributed by atoms with E-state index in [2.05, 4.69) is 22.5 Å². The van der Waals surface area contributed by atoms with Gasteiger partial charge in [0.05, 0.1) is 7.11 Å². The first-order valence-electron chi connectivity index (χ1n) is 9.40. The lowest BCUT2D eigenvalue weighted by molar-refractivity contribution is -0.138. The molecular formula is C25H19BrO4. The van der Waals surface area contributed by atoms with Gasteiger partial charge in [0.2, 0.25) is 0 Å². The Hall–Kier alpha value is -3.18. The molecule has 0 unspecified atom stereocenters.